The SMILES string of the molecule is COc1ccc(OC)c(-c2nc(C(C)=O)c(C)[nH]2)c1. The van der Waals surface area contributed by atoms with E-state index in [9.17, 15) is 4.79 Å². The average molecular weight is 260 g/mol. The first-order valence-corrected chi connectivity index (χ1v) is 5.86. The van der Waals surface area contributed by atoms with Crippen LogP contribution < -0.4 is 9.47 Å². The fourth-order valence-corrected chi connectivity index (χ4v) is 1.93. The summed E-state index contributed by atoms with van der Waals surface area (Å²) in [6, 6.07) is 5.44. The summed E-state index contributed by atoms with van der Waals surface area (Å²) < 4.78 is 10.5. The van der Waals surface area contributed by atoms with Gasteiger partial charge in [0.05, 0.1) is 19.8 Å². The second-order valence-electron chi connectivity index (χ2n) is 4.18. The number of aryl methyl sites for hydroxylation is 1. The van der Waals surface area contributed by atoms with Crippen molar-refractivity contribution in [3.8, 4) is 22.9 Å². The molecule has 5 heteroatoms. The van der Waals surface area contributed by atoms with Crippen molar-refractivity contribution in [1.29, 1.82) is 0 Å². The third-order valence-corrected chi connectivity index (χ3v) is 2.88. The lowest BCUT2D eigenvalue weighted by atomic mass is 10.2. The van der Waals surface area contributed by atoms with Crippen LogP contribution in [-0.2, 0) is 0 Å². The molecule has 0 saturated heterocycles. The molecule has 19 heavy (non-hydrogen) atoms. The molecule has 1 aromatic carbocycles. The van der Waals surface area contributed by atoms with E-state index in [-0.39, 0.29) is 5.78 Å². The van der Waals surface area contributed by atoms with Crippen molar-refractivity contribution in [2.45, 2.75) is 13.8 Å². The maximum absolute atomic E-state index is 11.4. The molecule has 1 heterocycles. The minimum absolute atomic E-state index is 0.0677. The molecule has 0 aliphatic rings. The van der Waals surface area contributed by atoms with Crippen LogP contribution in [0.1, 0.15) is 23.1 Å². The van der Waals surface area contributed by atoms with Gasteiger partial charge in [-0.2, -0.15) is 0 Å². The Bertz CT molecular complexity index is 617. The number of H-pyrrole nitrogens is 1. The number of hydrogen-bond acceptors (Lipinski definition) is 4. The number of methoxy groups -OCH3 is 2. The van der Waals surface area contributed by atoms with Crippen LogP contribution in [-0.4, -0.2) is 30.0 Å². The molecule has 5 nitrogen and oxygen atoms in total. The Balaban J connectivity index is 2.57. The van der Waals surface area contributed by atoms with Crippen LogP contribution in [0.2, 0.25) is 0 Å². The third-order valence-electron chi connectivity index (χ3n) is 2.88. The topological polar surface area (TPSA) is 64.2 Å². The van der Waals surface area contributed by atoms with Crippen LogP contribution in [0, 0.1) is 6.92 Å². The number of nitrogens with zero attached hydrogens (tertiary/aromatic N) is 1. The van der Waals surface area contributed by atoms with E-state index in [1.165, 1.54) is 6.92 Å². The second kappa shape index (κ2) is 5.14. The first-order chi connectivity index (χ1) is 9.06. The van der Waals surface area contributed by atoms with Gasteiger partial charge in [0.25, 0.3) is 0 Å². The van der Waals surface area contributed by atoms with Gasteiger partial charge in [0.15, 0.2) is 5.78 Å². The zero-order valence-corrected chi connectivity index (χ0v) is 11.4. The number of carbonyl (C=O) groups is 1. The van der Waals surface area contributed by atoms with Crippen LogP contribution in [0.15, 0.2) is 18.2 Å². The summed E-state index contributed by atoms with van der Waals surface area (Å²) in [5.74, 6) is 1.90. The first-order valence-electron chi connectivity index (χ1n) is 5.86. The molecule has 100 valence electrons. The predicted octanol–water partition coefficient (Wildman–Crippen LogP) is 2.60. The summed E-state index contributed by atoms with van der Waals surface area (Å²) in [6.07, 6.45) is 0. The van der Waals surface area contributed by atoms with E-state index in [4.69, 9.17) is 9.47 Å². The summed E-state index contributed by atoms with van der Waals surface area (Å²) in [5, 5.41) is 0. The largest absolute Gasteiger partial charge is 0.497 e. The summed E-state index contributed by atoms with van der Waals surface area (Å²) in [7, 11) is 3.19. The number of benzene rings is 1. The molecule has 0 unspecified atom stereocenters. The Labute approximate surface area is 111 Å². The number of aromatic amines is 1. The van der Waals surface area contributed by atoms with Crippen molar-refractivity contribution >= 4 is 5.78 Å². The van der Waals surface area contributed by atoms with Crippen LogP contribution in [0.5, 0.6) is 11.5 Å². The van der Waals surface area contributed by atoms with Gasteiger partial charge in [0.2, 0.25) is 0 Å². The van der Waals surface area contributed by atoms with Gasteiger partial charge in [-0.15, -0.1) is 0 Å². The summed E-state index contributed by atoms with van der Waals surface area (Å²) >= 11 is 0. The fraction of sp³-hybridized carbons (Fsp3) is 0.286. The van der Waals surface area contributed by atoms with Crippen LogP contribution >= 0.6 is 0 Å². The summed E-state index contributed by atoms with van der Waals surface area (Å²) in [5.41, 5.74) is 1.95. The number of rotatable bonds is 4. The van der Waals surface area contributed by atoms with Gasteiger partial charge in [0.1, 0.15) is 23.0 Å². The number of ketones is 1. The normalized spacial score (nSPS) is 10.3. The number of carbonyl (C=O) groups excluding carboxylic acids is 1. The fourth-order valence-electron chi connectivity index (χ4n) is 1.93. The molecule has 1 aromatic heterocycles. The Hall–Kier alpha value is -2.30. The lowest BCUT2D eigenvalue weighted by Gasteiger charge is -2.08. The Morgan fingerprint density at radius 1 is 1.26 bits per heavy atom. The Kier molecular flexibility index (Phi) is 3.55. The molecule has 2 aromatic rings. The predicted molar refractivity (Wildman–Crippen MR) is 71.9 cm³/mol. The van der Waals surface area contributed by atoms with Crippen LogP contribution in [0.4, 0.5) is 0 Å². The van der Waals surface area contributed by atoms with E-state index in [0.717, 1.165) is 11.3 Å². The molecule has 0 saturated carbocycles. The summed E-state index contributed by atoms with van der Waals surface area (Å²) in [4.78, 5) is 18.9. The van der Waals surface area contributed by atoms with Crippen molar-refractivity contribution < 1.29 is 14.3 Å². The van der Waals surface area contributed by atoms with Crippen LogP contribution in [0.3, 0.4) is 0 Å². The highest BCUT2D eigenvalue weighted by Crippen LogP contribution is 2.32. The highest BCUT2D eigenvalue weighted by molar-refractivity contribution is 5.94. The number of aromatic nitrogens is 2. The number of Topliss-reactive ketones (excluding diaryl/α,β-unsaturated/α-hetero) is 1. The average Bonchev–Trinajstić information content (AvgIpc) is 2.80. The van der Waals surface area contributed by atoms with Crippen molar-refractivity contribution in [3.05, 3.63) is 29.6 Å². The number of hydrogen-bond donors (Lipinski definition) is 1. The van der Waals surface area contributed by atoms with Crippen LogP contribution in [0.25, 0.3) is 11.4 Å². The van der Waals surface area contributed by atoms with Crippen molar-refractivity contribution in [1.82, 2.24) is 9.97 Å². The maximum Gasteiger partial charge on any atom is 0.179 e. The van der Waals surface area contributed by atoms with Crippen molar-refractivity contribution in [3.63, 3.8) is 0 Å². The lowest BCUT2D eigenvalue weighted by molar-refractivity contribution is 0.101. The molecule has 0 aliphatic carbocycles. The number of ether oxygens (including phenoxy) is 2. The standard InChI is InChI=1S/C14H16N2O3/c1-8-13(9(2)17)16-14(15-8)11-7-10(18-3)5-6-12(11)19-4/h5-7H,1-4H3,(H,15,16). The Morgan fingerprint density at radius 2 is 2.00 bits per heavy atom. The van der Waals surface area contributed by atoms with E-state index in [0.29, 0.717) is 23.0 Å². The van der Waals surface area contributed by atoms with Gasteiger partial charge in [0, 0.05) is 12.6 Å². The summed E-state index contributed by atoms with van der Waals surface area (Å²) in [6.45, 7) is 3.32. The highest BCUT2D eigenvalue weighted by atomic mass is 16.5. The molecule has 0 bridgehead atoms. The monoisotopic (exact) mass is 260 g/mol. The third kappa shape index (κ3) is 2.45. The van der Waals surface area contributed by atoms with E-state index < -0.39 is 0 Å². The van der Waals surface area contributed by atoms with Gasteiger partial charge < -0.3 is 14.5 Å². The van der Waals surface area contributed by atoms with Gasteiger partial charge in [-0.25, -0.2) is 4.98 Å². The molecule has 0 radical (unpaired) electrons. The van der Waals surface area contributed by atoms with Gasteiger partial charge in [-0.1, -0.05) is 0 Å². The molecule has 0 amide bonds. The molecular formula is C14H16N2O3. The van der Waals surface area contributed by atoms with Crippen molar-refractivity contribution in [2.75, 3.05) is 14.2 Å². The quantitative estimate of drug-likeness (QED) is 0.858. The van der Waals surface area contributed by atoms with Crippen molar-refractivity contribution in [2.24, 2.45) is 0 Å². The second-order valence-corrected chi connectivity index (χ2v) is 4.18. The first kappa shape index (κ1) is 13.1. The van der Waals surface area contributed by atoms with E-state index in [2.05, 4.69) is 9.97 Å². The minimum Gasteiger partial charge on any atom is -0.497 e. The van der Waals surface area contributed by atoms with Gasteiger partial charge in [-0.05, 0) is 25.1 Å². The lowest BCUT2D eigenvalue weighted by Crippen LogP contribution is -1.95. The zero-order valence-electron chi connectivity index (χ0n) is 11.4. The van der Waals surface area contributed by atoms with Gasteiger partial charge in [-0.3, -0.25) is 4.79 Å². The number of nitrogens with one attached hydrogen (secondary N) is 1. The highest BCUT2D eigenvalue weighted by Gasteiger charge is 2.15. The molecule has 0 spiro atoms. The maximum atomic E-state index is 11.4. The smallest absolute Gasteiger partial charge is 0.179 e. The Morgan fingerprint density at radius 3 is 2.53 bits per heavy atom. The minimum atomic E-state index is -0.0677. The molecule has 2 rings (SSSR count). The van der Waals surface area contributed by atoms with Gasteiger partial charge >= 0.3 is 0 Å². The molecular weight excluding hydrogens is 244 g/mol. The number of imidazole rings is 1. The molecule has 0 fully saturated rings. The zero-order chi connectivity index (χ0) is 14.0. The van der Waals surface area contributed by atoms with E-state index in [1.807, 2.05) is 19.1 Å². The van der Waals surface area contributed by atoms with E-state index in [1.54, 1.807) is 20.3 Å². The molecule has 0 atom stereocenters. The molecule has 1 N–H and O–H groups in total. The molecule has 0 aliphatic heterocycles. The van der Waals surface area contributed by atoms with E-state index >= 15 is 0 Å².